The SMILES string of the molecule is CN=C(NCCc1c(C)nn(C)c1C)NC1CCC(C)CC1.I. The molecule has 1 heterocycles. The molecule has 1 fully saturated rings. The quantitative estimate of drug-likeness (QED) is 0.436. The summed E-state index contributed by atoms with van der Waals surface area (Å²) in [6.07, 6.45) is 6.13. The molecule has 0 atom stereocenters. The fourth-order valence-electron chi connectivity index (χ4n) is 3.28. The Morgan fingerprint density at radius 1 is 1.26 bits per heavy atom. The normalized spacial score (nSPS) is 21.7. The molecule has 0 bridgehead atoms. The molecule has 1 saturated carbocycles. The molecule has 6 heteroatoms. The van der Waals surface area contributed by atoms with Gasteiger partial charge in [-0.3, -0.25) is 9.67 Å². The second kappa shape index (κ2) is 9.49. The fourth-order valence-corrected chi connectivity index (χ4v) is 3.28. The Kier molecular flexibility index (Phi) is 8.36. The first-order valence-electron chi connectivity index (χ1n) is 8.47. The molecule has 0 spiro atoms. The minimum absolute atomic E-state index is 0. The molecule has 2 rings (SSSR count). The lowest BCUT2D eigenvalue weighted by Gasteiger charge is -2.28. The molecule has 0 unspecified atom stereocenters. The molecule has 5 nitrogen and oxygen atoms in total. The molecule has 2 N–H and O–H groups in total. The van der Waals surface area contributed by atoms with Crippen molar-refractivity contribution in [2.24, 2.45) is 18.0 Å². The highest BCUT2D eigenvalue weighted by atomic mass is 127. The Morgan fingerprint density at radius 3 is 2.43 bits per heavy atom. The number of hydrogen-bond donors (Lipinski definition) is 2. The molecule has 1 aliphatic rings. The van der Waals surface area contributed by atoms with Gasteiger partial charge in [-0.25, -0.2) is 0 Å². The highest BCUT2D eigenvalue weighted by Crippen LogP contribution is 2.23. The maximum absolute atomic E-state index is 4.47. The van der Waals surface area contributed by atoms with Crippen LogP contribution in [0.25, 0.3) is 0 Å². The van der Waals surface area contributed by atoms with Crippen LogP contribution in [0, 0.1) is 19.8 Å². The average Bonchev–Trinajstić information content (AvgIpc) is 2.74. The second-order valence-electron chi connectivity index (χ2n) is 6.62. The van der Waals surface area contributed by atoms with Gasteiger partial charge >= 0.3 is 0 Å². The van der Waals surface area contributed by atoms with Crippen molar-refractivity contribution in [1.29, 1.82) is 0 Å². The largest absolute Gasteiger partial charge is 0.356 e. The number of nitrogens with one attached hydrogen (secondary N) is 2. The van der Waals surface area contributed by atoms with Gasteiger partial charge in [-0.2, -0.15) is 5.10 Å². The molecular formula is C17H32IN5. The van der Waals surface area contributed by atoms with E-state index in [9.17, 15) is 0 Å². The lowest BCUT2D eigenvalue weighted by molar-refractivity contribution is 0.329. The summed E-state index contributed by atoms with van der Waals surface area (Å²) in [5.41, 5.74) is 3.73. The van der Waals surface area contributed by atoms with E-state index in [2.05, 4.69) is 41.5 Å². The van der Waals surface area contributed by atoms with Crippen molar-refractivity contribution < 1.29 is 0 Å². The molecule has 0 saturated heterocycles. The molecule has 0 aliphatic heterocycles. The fraction of sp³-hybridized carbons (Fsp3) is 0.765. The van der Waals surface area contributed by atoms with E-state index < -0.39 is 0 Å². The van der Waals surface area contributed by atoms with Gasteiger partial charge < -0.3 is 10.6 Å². The van der Waals surface area contributed by atoms with Crippen molar-refractivity contribution in [2.45, 2.75) is 58.9 Å². The van der Waals surface area contributed by atoms with E-state index in [0.717, 1.165) is 30.5 Å². The third-order valence-electron chi connectivity index (χ3n) is 4.91. The summed E-state index contributed by atoms with van der Waals surface area (Å²) in [6.45, 7) is 7.45. The summed E-state index contributed by atoms with van der Waals surface area (Å²) in [7, 11) is 3.85. The molecule has 0 amide bonds. The highest BCUT2D eigenvalue weighted by molar-refractivity contribution is 14.0. The Labute approximate surface area is 157 Å². The first kappa shape index (κ1) is 20.3. The van der Waals surface area contributed by atoms with E-state index in [0.29, 0.717) is 6.04 Å². The number of aromatic nitrogens is 2. The number of halogens is 1. The van der Waals surface area contributed by atoms with E-state index in [1.165, 1.54) is 36.9 Å². The Bertz CT molecular complexity index is 515. The van der Waals surface area contributed by atoms with Gasteiger partial charge in [-0.05, 0) is 57.4 Å². The predicted molar refractivity (Wildman–Crippen MR) is 108 cm³/mol. The van der Waals surface area contributed by atoms with Gasteiger partial charge in [0.25, 0.3) is 0 Å². The van der Waals surface area contributed by atoms with Crippen LogP contribution >= 0.6 is 24.0 Å². The molecule has 23 heavy (non-hydrogen) atoms. The van der Waals surface area contributed by atoms with Crippen molar-refractivity contribution >= 4 is 29.9 Å². The van der Waals surface area contributed by atoms with Gasteiger partial charge in [0.05, 0.1) is 5.69 Å². The zero-order valence-electron chi connectivity index (χ0n) is 15.1. The van der Waals surface area contributed by atoms with E-state index >= 15 is 0 Å². The van der Waals surface area contributed by atoms with Gasteiger partial charge in [-0.1, -0.05) is 6.92 Å². The number of rotatable bonds is 4. The molecule has 1 aromatic heterocycles. The summed E-state index contributed by atoms with van der Waals surface area (Å²) < 4.78 is 1.96. The monoisotopic (exact) mass is 433 g/mol. The summed E-state index contributed by atoms with van der Waals surface area (Å²) >= 11 is 0. The van der Waals surface area contributed by atoms with E-state index in [1.54, 1.807) is 0 Å². The van der Waals surface area contributed by atoms with Gasteiger partial charge in [0.2, 0.25) is 0 Å². The molecular weight excluding hydrogens is 401 g/mol. The number of aryl methyl sites for hydroxylation is 2. The number of hydrogen-bond acceptors (Lipinski definition) is 2. The number of guanidine groups is 1. The third-order valence-corrected chi connectivity index (χ3v) is 4.91. The topological polar surface area (TPSA) is 54.2 Å². The summed E-state index contributed by atoms with van der Waals surface area (Å²) in [4.78, 5) is 4.36. The van der Waals surface area contributed by atoms with Crippen molar-refractivity contribution in [3.63, 3.8) is 0 Å². The van der Waals surface area contributed by atoms with Crippen LogP contribution in [0.15, 0.2) is 4.99 Å². The van der Waals surface area contributed by atoms with Crippen molar-refractivity contribution in [2.75, 3.05) is 13.6 Å². The first-order chi connectivity index (χ1) is 10.5. The lowest BCUT2D eigenvalue weighted by atomic mass is 9.87. The van der Waals surface area contributed by atoms with Gasteiger partial charge in [0.1, 0.15) is 0 Å². The standard InChI is InChI=1S/C17H31N5.HI/c1-12-6-8-15(9-7-12)20-17(18-4)19-11-10-16-13(2)21-22(5)14(16)3;/h12,15H,6-11H2,1-5H3,(H2,18,19,20);1H. The smallest absolute Gasteiger partial charge is 0.191 e. The minimum atomic E-state index is 0. The van der Waals surface area contributed by atoms with E-state index in [1.807, 2.05) is 18.8 Å². The molecule has 0 aromatic carbocycles. The molecule has 1 aliphatic carbocycles. The number of aliphatic imine (C=N–C) groups is 1. The minimum Gasteiger partial charge on any atom is -0.356 e. The summed E-state index contributed by atoms with van der Waals surface area (Å²) in [5, 5.41) is 11.5. The summed E-state index contributed by atoms with van der Waals surface area (Å²) in [6, 6.07) is 0.573. The van der Waals surface area contributed by atoms with Crippen LogP contribution in [0.3, 0.4) is 0 Å². The van der Waals surface area contributed by atoms with Crippen LogP contribution < -0.4 is 10.6 Å². The molecule has 0 radical (unpaired) electrons. The zero-order valence-corrected chi connectivity index (χ0v) is 17.5. The van der Waals surface area contributed by atoms with Gasteiger partial charge in [0.15, 0.2) is 5.96 Å². The molecule has 132 valence electrons. The average molecular weight is 433 g/mol. The van der Waals surface area contributed by atoms with Crippen molar-refractivity contribution in [3.05, 3.63) is 17.0 Å². The maximum Gasteiger partial charge on any atom is 0.191 e. The molecule has 1 aromatic rings. The maximum atomic E-state index is 4.47. The van der Waals surface area contributed by atoms with Gasteiger partial charge in [0, 0.05) is 32.4 Å². The van der Waals surface area contributed by atoms with Crippen LogP contribution in [0.1, 0.15) is 49.6 Å². The van der Waals surface area contributed by atoms with Crippen LogP contribution in [-0.4, -0.2) is 35.4 Å². The predicted octanol–water partition coefficient (Wildman–Crippen LogP) is 2.94. The van der Waals surface area contributed by atoms with Crippen molar-refractivity contribution in [3.8, 4) is 0 Å². The van der Waals surface area contributed by atoms with Crippen LogP contribution in [-0.2, 0) is 13.5 Å². The highest BCUT2D eigenvalue weighted by Gasteiger charge is 2.18. The Hall–Kier alpha value is -0.790. The van der Waals surface area contributed by atoms with Crippen LogP contribution in [0.5, 0.6) is 0 Å². The Morgan fingerprint density at radius 2 is 1.91 bits per heavy atom. The zero-order chi connectivity index (χ0) is 16.1. The third kappa shape index (κ3) is 5.65. The van der Waals surface area contributed by atoms with Crippen LogP contribution in [0.2, 0.25) is 0 Å². The van der Waals surface area contributed by atoms with E-state index in [4.69, 9.17) is 0 Å². The van der Waals surface area contributed by atoms with Crippen LogP contribution in [0.4, 0.5) is 0 Å². The number of nitrogens with zero attached hydrogens (tertiary/aromatic N) is 3. The second-order valence-corrected chi connectivity index (χ2v) is 6.62. The van der Waals surface area contributed by atoms with Gasteiger partial charge in [-0.15, -0.1) is 24.0 Å². The lowest BCUT2D eigenvalue weighted by Crippen LogP contribution is -2.45. The van der Waals surface area contributed by atoms with E-state index in [-0.39, 0.29) is 24.0 Å². The summed E-state index contributed by atoms with van der Waals surface area (Å²) in [5.74, 6) is 1.81. The first-order valence-corrected chi connectivity index (χ1v) is 8.47. The Balaban J connectivity index is 0.00000264. The van der Waals surface area contributed by atoms with Crippen molar-refractivity contribution in [1.82, 2.24) is 20.4 Å².